The highest BCUT2D eigenvalue weighted by Gasteiger charge is 2.29. The summed E-state index contributed by atoms with van der Waals surface area (Å²) < 4.78 is 6.05. The van der Waals surface area contributed by atoms with Gasteiger partial charge in [-0.2, -0.15) is 0 Å². The van der Waals surface area contributed by atoms with E-state index in [0.717, 1.165) is 29.3 Å². The van der Waals surface area contributed by atoms with E-state index in [0.29, 0.717) is 24.1 Å². The van der Waals surface area contributed by atoms with Crippen molar-refractivity contribution in [2.75, 3.05) is 11.9 Å². The van der Waals surface area contributed by atoms with Gasteiger partial charge in [0.2, 0.25) is 0 Å². The standard InChI is InChI=1S/C26H28N3O2/c1-3-18-16-24(28-17-19(18)4-2)25(31-26(30)29-20-10-6-5-7-11-20)22-14-15-27-23-13-9-8-12-21(22)23/h4-15,18-19,24-25H,2-3,16-17H2,1H3,(H,29,30)/q-1/t18-,19-,24+,25-/m0/s1. The van der Waals surface area contributed by atoms with Gasteiger partial charge in [-0.1, -0.05) is 68.3 Å². The van der Waals surface area contributed by atoms with Crippen molar-refractivity contribution in [1.29, 1.82) is 0 Å². The van der Waals surface area contributed by atoms with Crippen LogP contribution in [0.5, 0.6) is 0 Å². The number of aromatic nitrogens is 1. The van der Waals surface area contributed by atoms with Crippen LogP contribution >= 0.6 is 0 Å². The lowest BCUT2D eigenvalue weighted by atomic mass is 9.79. The average molecular weight is 415 g/mol. The molecule has 5 heteroatoms. The second-order valence-corrected chi connectivity index (χ2v) is 7.97. The van der Waals surface area contributed by atoms with Crippen LogP contribution in [0.25, 0.3) is 16.2 Å². The number of nitrogens with one attached hydrogen (secondary N) is 1. The molecule has 1 N–H and O–H groups in total. The van der Waals surface area contributed by atoms with Gasteiger partial charge < -0.3 is 10.1 Å². The van der Waals surface area contributed by atoms with Crippen molar-refractivity contribution in [2.45, 2.75) is 31.9 Å². The van der Waals surface area contributed by atoms with Crippen LogP contribution in [0.4, 0.5) is 10.5 Å². The first-order valence-electron chi connectivity index (χ1n) is 10.8. The Labute approximate surface area is 183 Å². The van der Waals surface area contributed by atoms with Gasteiger partial charge in [-0.15, -0.1) is 13.1 Å². The van der Waals surface area contributed by atoms with E-state index < -0.39 is 12.2 Å². The molecule has 1 fully saturated rings. The molecule has 0 unspecified atom stereocenters. The van der Waals surface area contributed by atoms with Crippen LogP contribution < -0.4 is 5.32 Å². The maximum atomic E-state index is 12.8. The number of carbonyl (C=O) groups excluding carboxylic acids is 1. The number of carbonyl (C=O) groups is 1. The summed E-state index contributed by atoms with van der Waals surface area (Å²) in [6, 6.07) is 19.1. The van der Waals surface area contributed by atoms with Crippen molar-refractivity contribution in [2.24, 2.45) is 11.8 Å². The number of amides is 1. The molecule has 1 aliphatic rings. The molecule has 1 aromatic heterocycles. The largest absolute Gasteiger partial charge is 0.656 e. The van der Waals surface area contributed by atoms with Gasteiger partial charge in [0.05, 0.1) is 5.52 Å². The van der Waals surface area contributed by atoms with E-state index in [-0.39, 0.29) is 6.04 Å². The molecule has 0 aliphatic carbocycles. The predicted octanol–water partition coefficient (Wildman–Crippen LogP) is 6.50. The van der Waals surface area contributed by atoms with Crippen molar-refractivity contribution < 1.29 is 9.53 Å². The minimum absolute atomic E-state index is 0.117. The van der Waals surface area contributed by atoms with Gasteiger partial charge >= 0.3 is 6.09 Å². The highest BCUT2D eigenvalue weighted by atomic mass is 16.6. The van der Waals surface area contributed by atoms with E-state index >= 15 is 0 Å². The number of hydrogen-bond donors (Lipinski definition) is 1. The Balaban J connectivity index is 1.65. The summed E-state index contributed by atoms with van der Waals surface area (Å²) in [4.78, 5) is 17.3. The molecule has 2 aromatic carbocycles. The molecule has 0 spiro atoms. The number of fused-ring (bicyclic) bond motifs is 1. The van der Waals surface area contributed by atoms with Gasteiger partial charge in [-0.25, -0.2) is 4.79 Å². The Bertz CT molecular complexity index is 1030. The zero-order chi connectivity index (χ0) is 21.6. The fourth-order valence-electron chi connectivity index (χ4n) is 4.42. The maximum absolute atomic E-state index is 12.8. The van der Waals surface area contributed by atoms with E-state index in [4.69, 9.17) is 10.1 Å². The van der Waals surface area contributed by atoms with Crippen LogP contribution in [0.15, 0.2) is 79.5 Å². The van der Waals surface area contributed by atoms with E-state index in [2.05, 4.69) is 23.8 Å². The lowest BCUT2D eigenvalue weighted by Crippen LogP contribution is -2.35. The number of anilines is 1. The molecule has 0 saturated carbocycles. The first-order chi connectivity index (χ1) is 15.2. The van der Waals surface area contributed by atoms with Gasteiger partial charge in [0.15, 0.2) is 0 Å². The van der Waals surface area contributed by atoms with E-state index in [1.165, 1.54) is 0 Å². The molecule has 31 heavy (non-hydrogen) atoms. The SMILES string of the molecule is C=C[C@H]1C[N-][C@@H]([C@@H](OC(=O)Nc2ccccc2)c2ccnc3ccccc23)C[C@@H]1CC. The first-order valence-corrected chi connectivity index (χ1v) is 10.8. The third kappa shape index (κ3) is 4.78. The molecule has 3 aromatic rings. The zero-order valence-corrected chi connectivity index (χ0v) is 17.8. The second kappa shape index (κ2) is 9.75. The van der Waals surface area contributed by atoms with E-state index in [9.17, 15) is 4.79 Å². The summed E-state index contributed by atoms with van der Waals surface area (Å²) in [5.74, 6) is 0.839. The van der Waals surface area contributed by atoms with Crippen molar-refractivity contribution in [3.63, 3.8) is 0 Å². The summed E-state index contributed by atoms with van der Waals surface area (Å²) in [7, 11) is 0. The number of rotatable bonds is 6. The summed E-state index contributed by atoms with van der Waals surface area (Å²) >= 11 is 0. The normalized spacial score (nSPS) is 21.9. The molecular weight excluding hydrogens is 386 g/mol. The highest BCUT2D eigenvalue weighted by molar-refractivity contribution is 5.86. The minimum Gasteiger partial charge on any atom is -0.656 e. The Hall–Kier alpha value is -3.18. The number of piperidine rings is 1. The first kappa shape index (κ1) is 21.1. The van der Waals surface area contributed by atoms with Crippen LogP contribution in [-0.4, -0.2) is 23.7 Å². The number of benzene rings is 2. The van der Waals surface area contributed by atoms with Gasteiger partial charge in [0.25, 0.3) is 0 Å². The molecule has 2 heterocycles. The van der Waals surface area contributed by atoms with Crippen molar-refractivity contribution >= 4 is 22.7 Å². The summed E-state index contributed by atoms with van der Waals surface area (Å²) in [6.07, 6.45) is 4.71. The third-order valence-electron chi connectivity index (χ3n) is 6.12. The van der Waals surface area contributed by atoms with Crippen molar-refractivity contribution in [1.82, 2.24) is 4.98 Å². The summed E-state index contributed by atoms with van der Waals surface area (Å²) in [5.41, 5.74) is 2.52. The maximum Gasteiger partial charge on any atom is 0.412 e. The van der Waals surface area contributed by atoms with E-state index in [1.54, 1.807) is 6.20 Å². The zero-order valence-electron chi connectivity index (χ0n) is 17.8. The van der Waals surface area contributed by atoms with Crippen LogP contribution in [0, 0.1) is 11.8 Å². The molecule has 0 bridgehead atoms. The van der Waals surface area contributed by atoms with Crippen LogP contribution in [0.3, 0.4) is 0 Å². The Morgan fingerprint density at radius 2 is 2.00 bits per heavy atom. The number of pyridine rings is 1. The summed E-state index contributed by atoms with van der Waals surface area (Å²) in [6.45, 7) is 6.89. The molecular formula is C26H28N3O2-. The molecule has 160 valence electrons. The van der Waals surface area contributed by atoms with Crippen LogP contribution in [0.1, 0.15) is 31.4 Å². The monoisotopic (exact) mass is 414 g/mol. The number of para-hydroxylation sites is 2. The molecule has 4 rings (SSSR count). The predicted molar refractivity (Wildman–Crippen MR) is 125 cm³/mol. The van der Waals surface area contributed by atoms with Crippen LogP contribution in [-0.2, 0) is 4.74 Å². The van der Waals surface area contributed by atoms with Gasteiger partial charge in [0, 0.05) is 22.8 Å². The number of ether oxygens (including phenoxy) is 1. The van der Waals surface area contributed by atoms with Gasteiger partial charge in [-0.05, 0) is 36.1 Å². The molecule has 1 amide bonds. The summed E-state index contributed by atoms with van der Waals surface area (Å²) in [5, 5.41) is 8.75. The lowest BCUT2D eigenvalue weighted by Gasteiger charge is -2.48. The average Bonchev–Trinajstić information content (AvgIpc) is 2.82. The van der Waals surface area contributed by atoms with Gasteiger partial charge in [0.1, 0.15) is 6.10 Å². The minimum atomic E-state index is -0.489. The number of hydrogen-bond acceptors (Lipinski definition) is 3. The second-order valence-electron chi connectivity index (χ2n) is 7.97. The van der Waals surface area contributed by atoms with Crippen molar-refractivity contribution in [3.8, 4) is 0 Å². The van der Waals surface area contributed by atoms with Gasteiger partial charge in [-0.3, -0.25) is 10.3 Å². The molecule has 4 atom stereocenters. The molecule has 1 aliphatic heterocycles. The smallest absolute Gasteiger partial charge is 0.412 e. The third-order valence-corrected chi connectivity index (χ3v) is 6.12. The lowest BCUT2D eigenvalue weighted by molar-refractivity contribution is 0.0872. The Kier molecular flexibility index (Phi) is 6.63. The van der Waals surface area contributed by atoms with Crippen LogP contribution in [0.2, 0.25) is 0 Å². The molecule has 1 saturated heterocycles. The fourth-order valence-corrected chi connectivity index (χ4v) is 4.42. The number of nitrogens with zero attached hydrogens (tertiary/aromatic N) is 2. The fraction of sp³-hybridized carbons (Fsp3) is 0.308. The quantitative estimate of drug-likeness (QED) is 0.468. The Morgan fingerprint density at radius 3 is 2.77 bits per heavy atom. The molecule has 5 nitrogen and oxygen atoms in total. The Morgan fingerprint density at radius 1 is 1.23 bits per heavy atom. The highest BCUT2D eigenvalue weighted by Crippen LogP contribution is 2.40. The van der Waals surface area contributed by atoms with E-state index in [1.807, 2.05) is 66.7 Å². The van der Waals surface area contributed by atoms with Crippen molar-refractivity contribution in [3.05, 3.63) is 90.4 Å². The topological polar surface area (TPSA) is 65.3 Å². The molecule has 0 radical (unpaired) electrons.